The largest absolute Gasteiger partial charge is 0.508 e. The van der Waals surface area contributed by atoms with Crippen LogP contribution in [0.15, 0.2) is 54.6 Å². The molecule has 1 N–H and O–H groups in total. The van der Waals surface area contributed by atoms with E-state index in [0.717, 1.165) is 10.4 Å². The van der Waals surface area contributed by atoms with Gasteiger partial charge in [-0.3, -0.25) is 0 Å². The van der Waals surface area contributed by atoms with Crippen LogP contribution in [0.1, 0.15) is 41.5 Å². The molecule has 208 valence electrons. The van der Waals surface area contributed by atoms with Crippen molar-refractivity contribution in [3.63, 3.8) is 0 Å². The topological polar surface area (TPSA) is 105 Å². The van der Waals surface area contributed by atoms with Gasteiger partial charge in [0.1, 0.15) is 28.4 Å². The summed E-state index contributed by atoms with van der Waals surface area (Å²) < 4.78 is 20.1. The molecule has 0 radical (unpaired) electrons. The van der Waals surface area contributed by atoms with E-state index in [1.807, 2.05) is 30.3 Å². The Bertz CT molecular complexity index is 1760. The standard InChI is InChI=1S/C30H31N3O6S/c1-29(2,3)38-27(35)32-21-15-19(34)12-11-17(21)14-22(32)25-26-23(33(31-25)28(36)39-30(4,5)6)16-24(40-26)18-9-8-10-20(13-18)37-7/h8-16,34H,1-7H3. The van der Waals surface area contributed by atoms with Crippen molar-refractivity contribution in [3.8, 4) is 33.3 Å². The number of ether oxygens (including phenoxy) is 3. The minimum absolute atomic E-state index is 0.00262. The highest BCUT2D eigenvalue weighted by Gasteiger charge is 2.29. The zero-order valence-corrected chi connectivity index (χ0v) is 24.3. The van der Waals surface area contributed by atoms with E-state index in [4.69, 9.17) is 14.2 Å². The Kier molecular flexibility index (Phi) is 6.62. The molecular weight excluding hydrogens is 530 g/mol. The highest BCUT2D eigenvalue weighted by Crippen LogP contribution is 2.42. The molecule has 10 heteroatoms. The number of hydrogen-bond donors (Lipinski definition) is 1. The average Bonchev–Trinajstić information content (AvgIpc) is 3.53. The van der Waals surface area contributed by atoms with Crippen molar-refractivity contribution < 1.29 is 28.9 Å². The number of aromatic nitrogens is 3. The summed E-state index contributed by atoms with van der Waals surface area (Å²) in [6, 6.07) is 16.1. The fourth-order valence-electron chi connectivity index (χ4n) is 4.31. The number of carbonyl (C=O) groups excluding carboxylic acids is 2. The third kappa shape index (κ3) is 5.27. The fraction of sp³-hybridized carbons (Fsp3) is 0.300. The molecule has 5 aromatic rings. The van der Waals surface area contributed by atoms with Crippen molar-refractivity contribution in [1.29, 1.82) is 0 Å². The van der Waals surface area contributed by atoms with Gasteiger partial charge in [-0.2, -0.15) is 9.78 Å². The predicted molar refractivity (Wildman–Crippen MR) is 155 cm³/mol. The van der Waals surface area contributed by atoms with E-state index in [1.165, 1.54) is 26.7 Å². The van der Waals surface area contributed by atoms with Crippen LogP contribution in [-0.4, -0.2) is 50.0 Å². The Labute approximate surface area is 235 Å². The maximum absolute atomic E-state index is 13.5. The Morgan fingerprint density at radius 2 is 1.57 bits per heavy atom. The number of hydrogen-bond acceptors (Lipinski definition) is 8. The van der Waals surface area contributed by atoms with E-state index in [-0.39, 0.29) is 5.75 Å². The highest BCUT2D eigenvalue weighted by atomic mass is 32.1. The molecule has 3 aromatic heterocycles. The molecule has 40 heavy (non-hydrogen) atoms. The van der Waals surface area contributed by atoms with Crippen LogP contribution in [-0.2, 0) is 9.47 Å². The van der Waals surface area contributed by atoms with Crippen LogP contribution in [0.4, 0.5) is 9.59 Å². The first-order valence-corrected chi connectivity index (χ1v) is 13.5. The number of methoxy groups -OCH3 is 1. The van der Waals surface area contributed by atoms with Crippen molar-refractivity contribution in [2.24, 2.45) is 0 Å². The number of phenols is 1. The molecule has 5 rings (SSSR count). The van der Waals surface area contributed by atoms with Gasteiger partial charge in [0, 0.05) is 16.3 Å². The van der Waals surface area contributed by atoms with Crippen molar-refractivity contribution in [1.82, 2.24) is 14.3 Å². The van der Waals surface area contributed by atoms with E-state index < -0.39 is 23.4 Å². The maximum Gasteiger partial charge on any atom is 0.435 e. The molecule has 0 amide bonds. The van der Waals surface area contributed by atoms with Crippen LogP contribution >= 0.6 is 11.3 Å². The van der Waals surface area contributed by atoms with E-state index in [0.29, 0.717) is 38.3 Å². The van der Waals surface area contributed by atoms with Gasteiger partial charge in [0.25, 0.3) is 0 Å². The molecule has 0 saturated carbocycles. The molecule has 3 heterocycles. The number of benzene rings is 2. The van der Waals surface area contributed by atoms with Gasteiger partial charge in [0.2, 0.25) is 0 Å². The van der Waals surface area contributed by atoms with E-state index in [9.17, 15) is 14.7 Å². The Balaban J connectivity index is 1.78. The molecule has 0 aliphatic heterocycles. The zero-order valence-electron chi connectivity index (χ0n) is 23.4. The van der Waals surface area contributed by atoms with Gasteiger partial charge < -0.3 is 19.3 Å². The van der Waals surface area contributed by atoms with E-state index in [2.05, 4.69) is 5.10 Å². The van der Waals surface area contributed by atoms with Gasteiger partial charge in [-0.1, -0.05) is 12.1 Å². The SMILES string of the molecule is COc1cccc(-c2cc3c(s2)c(-c2cc4ccc(O)cc4n2C(=O)OC(C)(C)C)nn3C(=O)OC(C)(C)C)c1. The predicted octanol–water partition coefficient (Wildman–Crippen LogP) is 7.67. The van der Waals surface area contributed by atoms with Crippen LogP contribution in [0.25, 0.3) is 42.9 Å². The number of carbonyl (C=O) groups is 2. The second-order valence-corrected chi connectivity index (χ2v) is 12.4. The number of rotatable bonds is 3. The summed E-state index contributed by atoms with van der Waals surface area (Å²) >= 11 is 1.43. The fourth-order valence-corrected chi connectivity index (χ4v) is 5.43. The summed E-state index contributed by atoms with van der Waals surface area (Å²) in [4.78, 5) is 27.7. The van der Waals surface area contributed by atoms with Crippen LogP contribution in [0, 0.1) is 0 Å². The summed E-state index contributed by atoms with van der Waals surface area (Å²) in [5.74, 6) is 0.705. The number of fused-ring (bicyclic) bond motifs is 2. The molecule has 2 aromatic carbocycles. The third-order valence-electron chi connectivity index (χ3n) is 5.88. The lowest BCUT2D eigenvalue weighted by molar-refractivity contribution is 0.0520. The minimum atomic E-state index is -0.768. The number of aromatic hydroxyl groups is 1. The lowest BCUT2D eigenvalue weighted by Gasteiger charge is -2.20. The highest BCUT2D eigenvalue weighted by molar-refractivity contribution is 7.22. The van der Waals surface area contributed by atoms with Gasteiger partial charge in [-0.25, -0.2) is 14.2 Å². The lowest BCUT2D eigenvalue weighted by Crippen LogP contribution is -2.28. The van der Waals surface area contributed by atoms with Crippen LogP contribution in [0.2, 0.25) is 0 Å². The Morgan fingerprint density at radius 1 is 0.875 bits per heavy atom. The number of nitrogens with zero attached hydrogens (tertiary/aromatic N) is 3. The van der Waals surface area contributed by atoms with Crippen LogP contribution in [0.3, 0.4) is 0 Å². The monoisotopic (exact) mass is 561 g/mol. The Morgan fingerprint density at radius 3 is 2.25 bits per heavy atom. The molecule has 0 atom stereocenters. The summed E-state index contributed by atoms with van der Waals surface area (Å²) in [6.45, 7) is 10.7. The second-order valence-electron chi connectivity index (χ2n) is 11.4. The third-order valence-corrected chi connectivity index (χ3v) is 7.06. The van der Waals surface area contributed by atoms with Gasteiger partial charge in [0.05, 0.1) is 28.5 Å². The van der Waals surface area contributed by atoms with Crippen molar-refractivity contribution in [3.05, 3.63) is 54.6 Å². The summed E-state index contributed by atoms with van der Waals surface area (Å²) in [6.07, 6.45) is -1.27. The first kappa shape index (κ1) is 27.3. The van der Waals surface area contributed by atoms with Gasteiger partial charge >= 0.3 is 12.2 Å². The first-order valence-electron chi connectivity index (χ1n) is 12.7. The maximum atomic E-state index is 13.5. The van der Waals surface area contributed by atoms with Crippen LogP contribution in [0.5, 0.6) is 11.5 Å². The van der Waals surface area contributed by atoms with Crippen LogP contribution < -0.4 is 4.74 Å². The normalized spacial score (nSPS) is 12.2. The molecule has 0 aliphatic rings. The summed E-state index contributed by atoms with van der Waals surface area (Å²) in [5, 5.41) is 15.6. The molecule has 0 aliphatic carbocycles. The van der Waals surface area contributed by atoms with Crippen molar-refractivity contribution in [2.45, 2.75) is 52.7 Å². The van der Waals surface area contributed by atoms with Gasteiger partial charge in [0.15, 0.2) is 0 Å². The van der Waals surface area contributed by atoms with Crippen molar-refractivity contribution in [2.75, 3.05) is 7.11 Å². The minimum Gasteiger partial charge on any atom is -0.508 e. The smallest absolute Gasteiger partial charge is 0.435 e. The molecule has 9 nitrogen and oxygen atoms in total. The summed E-state index contributed by atoms with van der Waals surface area (Å²) in [5.41, 5.74) is 1.20. The average molecular weight is 562 g/mol. The van der Waals surface area contributed by atoms with Gasteiger partial charge in [-0.05, 0) is 83.5 Å². The molecular formula is C30H31N3O6S. The summed E-state index contributed by atoms with van der Waals surface area (Å²) in [7, 11) is 1.61. The molecule has 0 fully saturated rings. The lowest BCUT2D eigenvalue weighted by atomic mass is 10.2. The zero-order chi connectivity index (χ0) is 29.0. The van der Waals surface area contributed by atoms with Gasteiger partial charge in [-0.15, -0.1) is 11.3 Å². The van der Waals surface area contributed by atoms with E-state index in [1.54, 1.807) is 66.9 Å². The quantitative estimate of drug-likeness (QED) is 0.241. The molecule has 0 saturated heterocycles. The second kappa shape index (κ2) is 9.71. The van der Waals surface area contributed by atoms with Crippen molar-refractivity contribution >= 4 is 44.6 Å². The number of phenolic OH excluding ortho intramolecular Hbond substituents is 1. The molecule has 0 spiro atoms. The first-order chi connectivity index (χ1) is 18.7. The molecule has 0 bridgehead atoms. The van der Waals surface area contributed by atoms with E-state index >= 15 is 0 Å². The molecule has 0 unspecified atom stereocenters. The number of thiophene rings is 1. The Hall–Kier alpha value is -4.31.